The Morgan fingerprint density at radius 1 is 0.606 bits per heavy atom. The van der Waals surface area contributed by atoms with Gasteiger partial charge in [-0.1, -0.05) is 69.8 Å². The quantitative estimate of drug-likeness (QED) is 0.108. The summed E-state index contributed by atoms with van der Waals surface area (Å²) in [5.74, 6) is 2.96. The first-order valence-corrected chi connectivity index (χ1v) is 26.1. The highest BCUT2D eigenvalue weighted by Gasteiger charge is 2.28. The number of aromatic hydroxyl groups is 1. The molecule has 0 aromatic heterocycles. The molecule has 0 spiro atoms. The summed E-state index contributed by atoms with van der Waals surface area (Å²) in [5, 5.41) is 14.3. The lowest BCUT2D eigenvalue weighted by molar-refractivity contribution is -0.150. The number of likely N-dealkylation sites (tertiary alicyclic amines) is 2. The van der Waals surface area contributed by atoms with Gasteiger partial charge in [0, 0.05) is 23.9 Å². The molecule has 0 bridgehead atoms. The lowest BCUT2D eigenvalue weighted by Crippen LogP contribution is -2.36. The lowest BCUT2D eigenvalue weighted by Gasteiger charge is -2.31. The van der Waals surface area contributed by atoms with Gasteiger partial charge in [0.1, 0.15) is 11.5 Å². The smallest absolute Gasteiger partial charge is 0.309 e. The Morgan fingerprint density at radius 2 is 1.05 bits per heavy atom. The van der Waals surface area contributed by atoms with E-state index in [1.807, 2.05) is 32.0 Å². The van der Waals surface area contributed by atoms with Crippen LogP contribution in [0.1, 0.15) is 123 Å². The second kappa shape index (κ2) is 25.8. The van der Waals surface area contributed by atoms with E-state index < -0.39 is 10.1 Å². The number of ether oxygens (including phenoxy) is 3. The number of fused-ring (bicyclic) bond motifs is 2. The van der Waals surface area contributed by atoms with Crippen molar-refractivity contribution in [3.63, 3.8) is 0 Å². The predicted molar refractivity (Wildman–Crippen MR) is 265 cm³/mol. The summed E-state index contributed by atoms with van der Waals surface area (Å²) in [7, 11) is -3.24. The molecular weight excluding hydrogens is 853 g/mol. The van der Waals surface area contributed by atoms with Gasteiger partial charge in [-0.3, -0.25) is 23.6 Å². The number of benzene rings is 4. The summed E-state index contributed by atoms with van der Waals surface area (Å²) >= 11 is 0. The van der Waals surface area contributed by atoms with Crippen LogP contribution in [0.15, 0.2) is 72.8 Å². The molecule has 2 saturated heterocycles. The number of carbonyl (C=O) groups excluding carboxylic acids is 2. The number of phenols is 1. The van der Waals surface area contributed by atoms with E-state index in [-0.39, 0.29) is 37.3 Å². The number of esters is 2. The van der Waals surface area contributed by atoms with Crippen LogP contribution in [-0.2, 0) is 46.5 Å². The summed E-state index contributed by atoms with van der Waals surface area (Å²) in [5.41, 5.74) is 2.55. The van der Waals surface area contributed by atoms with Crippen LogP contribution in [-0.4, -0.2) is 93.1 Å². The number of nitrogens with zero attached hydrogens (tertiary/aromatic N) is 2. The topological polar surface area (TPSA) is 132 Å². The van der Waals surface area contributed by atoms with Gasteiger partial charge < -0.3 is 19.3 Å². The fraction of sp³-hybridized carbons (Fsp3) is 0.593. The number of phenolic OH excluding ortho intramolecular Hbond substituents is 1. The zero-order chi connectivity index (χ0) is 46.3. The molecule has 4 aromatic rings. The number of hydrogen-bond donors (Lipinski definition) is 1. The van der Waals surface area contributed by atoms with Crippen LogP contribution in [0.25, 0.3) is 21.5 Å². The van der Waals surface area contributed by atoms with Crippen LogP contribution in [0.4, 0.5) is 0 Å². The molecule has 66 heavy (non-hydrogen) atoms. The Balaban J connectivity index is 0.000000201. The molecule has 12 heteroatoms. The predicted octanol–water partition coefficient (Wildman–Crippen LogP) is 11.1. The maximum absolute atomic E-state index is 11.9. The summed E-state index contributed by atoms with van der Waals surface area (Å²) in [6.45, 7) is 14.7. The van der Waals surface area contributed by atoms with Crippen molar-refractivity contribution >= 4 is 43.6 Å². The van der Waals surface area contributed by atoms with Crippen LogP contribution in [0.2, 0.25) is 0 Å². The summed E-state index contributed by atoms with van der Waals surface area (Å²) in [4.78, 5) is 28.5. The molecule has 4 fully saturated rings. The minimum Gasteiger partial charge on any atom is -0.507 e. The average molecular weight is 931 g/mol. The highest BCUT2D eigenvalue weighted by molar-refractivity contribution is 7.86. The third kappa shape index (κ3) is 16.2. The minimum absolute atomic E-state index is 0. The first-order chi connectivity index (χ1) is 31.3. The van der Waals surface area contributed by atoms with E-state index in [0.717, 1.165) is 138 Å². The maximum Gasteiger partial charge on any atom is 0.309 e. The lowest BCUT2D eigenvalue weighted by atomic mass is 9.89. The van der Waals surface area contributed by atoms with E-state index in [1.165, 1.54) is 34.7 Å². The highest BCUT2D eigenvalue weighted by atomic mass is 32.2. The molecule has 0 radical (unpaired) electrons. The fourth-order valence-corrected chi connectivity index (χ4v) is 10.4. The van der Waals surface area contributed by atoms with Gasteiger partial charge in [-0.15, -0.1) is 0 Å². The highest BCUT2D eigenvalue weighted by Crippen LogP contribution is 2.33. The third-order valence-corrected chi connectivity index (χ3v) is 14.2. The maximum atomic E-state index is 11.9. The van der Waals surface area contributed by atoms with Gasteiger partial charge in [-0.05, 0) is 175 Å². The van der Waals surface area contributed by atoms with E-state index in [4.69, 9.17) is 18.4 Å². The van der Waals surface area contributed by atoms with Crippen molar-refractivity contribution in [1.82, 2.24) is 9.80 Å². The summed E-state index contributed by atoms with van der Waals surface area (Å²) in [6, 6.07) is 24.9. The molecule has 8 rings (SSSR count). The monoisotopic (exact) mass is 931 g/mol. The van der Waals surface area contributed by atoms with Gasteiger partial charge >= 0.3 is 11.9 Å². The van der Waals surface area contributed by atoms with E-state index in [1.54, 1.807) is 6.07 Å². The van der Waals surface area contributed by atoms with Gasteiger partial charge in [-0.2, -0.15) is 8.42 Å². The van der Waals surface area contributed by atoms with E-state index in [0.29, 0.717) is 25.1 Å². The summed E-state index contributed by atoms with van der Waals surface area (Å²) < 4.78 is 43.1. The Kier molecular flexibility index (Phi) is 20.6. The van der Waals surface area contributed by atoms with Crippen LogP contribution < -0.4 is 4.74 Å². The molecule has 0 atom stereocenters. The van der Waals surface area contributed by atoms with Gasteiger partial charge in [0.15, 0.2) is 0 Å². The fourth-order valence-electron chi connectivity index (χ4n) is 9.71. The average Bonchev–Trinajstić information content (AvgIpc) is 3.29. The molecular formula is C54H78N2O9S. The van der Waals surface area contributed by atoms with Crippen molar-refractivity contribution in [1.29, 1.82) is 0 Å². The van der Waals surface area contributed by atoms with E-state index in [2.05, 4.69) is 72.2 Å². The molecule has 11 nitrogen and oxygen atoms in total. The SMILES string of the molecule is C.CC1CCC(OS(C)(=O)=O)CC1.CCOC(=O)C1CCN(Cc2ccc3c(O)cccc3c2)CC1.CCOC(=O)C1CCN(Cc2ccc3c(OC4CCC(C)CC4)cccc3c2)CC1. The second-order valence-corrected chi connectivity index (χ2v) is 20.5. The van der Waals surface area contributed by atoms with Crippen LogP contribution in [0, 0.1) is 23.7 Å². The molecule has 0 unspecified atom stereocenters. The molecule has 2 saturated carbocycles. The van der Waals surface area contributed by atoms with Crippen molar-refractivity contribution < 1.29 is 41.5 Å². The van der Waals surface area contributed by atoms with Crippen molar-refractivity contribution in [3.05, 3.63) is 83.9 Å². The van der Waals surface area contributed by atoms with Crippen LogP contribution >= 0.6 is 0 Å². The van der Waals surface area contributed by atoms with Gasteiger partial charge in [0.2, 0.25) is 0 Å². The van der Waals surface area contributed by atoms with Crippen molar-refractivity contribution in [2.75, 3.05) is 45.6 Å². The molecule has 2 aliphatic carbocycles. The van der Waals surface area contributed by atoms with Crippen LogP contribution in [0.3, 0.4) is 0 Å². The Morgan fingerprint density at radius 3 is 1.52 bits per heavy atom. The zero-order valence-electron chi connectivity index (χ0n) is 39.6. The zero-order valence-corrected chi connectivity index (χ0v) is 40.4. The number of piperidine rings is 2. The molecule has 2 heterocycles. The normalized spacial score (nSPS) is 22.2. The van der Waals surface area contributed by atoms with Gasteiger partial charge in [0.25, 0.3) is 10.1 Å². The van der Waals surface area contributed by atoms with E-state index >= 15 is 0 Å². The first-order valence-electron chi connectivity index (χ1n) is 24.3. The number of carbonyl (C=O) groups is 2. The van der Waals surface area contributed by atoms with Gasteiger partial charge in [-0.25, -0.2) is 0 Å². The Hall–Kier alpha value is -4.23. The summed E-state index contributed by atoms with van der Waals surface area (Å²) in [6.07, 6.45) is 13.7. The molecule has 1 N–H and O–H groups in total. The minimum atomic E-state index is -3.24. The molecule has 4 aliphatic rings. The molecule has 4 aromatic carbocycles. The largest absolute Gasteiger partial charge is 0.507 e. The molecule has 364 valence electrons. The van der Waals surface area contributed by atoms with Crippen LogP contribution in [0.5, 0.6) is 11.5 Å². The molecule has 2 aliphatic heterocycles. The second-order valence-electron chi connectivity index (χ2n) is 18.9. The standard InChI is InChI=1S/C26H35NO3.C19H23NO3.C8H16O3S.CH4/c1-3-29-26(28)21-13-15-27(16-14-21)18-20-9-12-24-22(17-20)5-4-6-25(24)30-23-10-7-19(2)8-11-23;1-2-23-19(22)15-8-10-20(11-9-15)13-14-6-7-17-16(12-14)4-3-5-18(17)21;1-7-3-5-8(6-4-7)11-12(2,9)10;/h4-6,9,12,17,19,21,23H,3,7-8,10-11,13-16,18H2,1-2H3;3-7,12,15,21H,2,8-11,13H2,1H3;7-8H,3-6H2,1-2H3;1H4. The Labute approximate surface area is 395 Å². The first kappa shape index (κ1) is 52.7. The van der Waals surface area contributed by atoms with Crippen molar-refractivity contribution in [3.8, 4) is 11.5 Å². The molecule has 0 amide bonds. The Bertz CT molecular complexity index is 2230. The number of hydrogen-bond acceptors (Lipinski definition) is 11. The van der Waals surface area contributed by atoms with Crippen molar-refractivity contribution in [2.45, 2.75) is 137 Å². The van der Waals surface area contributed by atoms with Gasteiger partial charge in [0.05, 0.1) is 43.5 Å². The van der Waals surface area contributed by atoms with E-state index in [9.17, 15) is 23.1 Å². The number of rotatable bonds is 12. The van der Waals surface area contributed by atoms with Crippen molar-refractivity contribution in [2.24, 2.45) is 23.7 Å². The third-order valence-electron chi connectivity index (χ3n) is 13.6.